The molecule has 0 aromatic rings. The molecule has 6 atom stereocenters. The Labute approximate surface area is 112 Å². The van der Waals surface area contributed by atoms with Crippen LogP contribution in [0.2, 0.25) is 0 Å². The maximum atomic E-state index is 11.7. The number of fused-ring (bicyclic) bond motifs is 3. The van der Waals surface area contributed by atoms with Gasteiger partial charge in [0, 0.05) is 29.2 Å². The van der Waals surface area contributed by atoms with E-state index in [-0.39, 0.29) is 29.3 Å². The maximum absolute atomic E-state index is 11.7. The van der Waals surface area contributed by atoms with Gasteiger partial charge in [0.05, 0.1) is 12.2 Å². The molecule has 104 valence electrons. The molecule has 0 spiro atoms. The van der Waals surface area contributed by atoms with Crippen LogP contribution in [0.15, 0.2) is 24.3 Å². The summed E-state index contributed by atoms with van der Waals surface area (Å²) in [6.45, 7) is 9.81. The Morgan fingerprint density at radius 2 is 2.05 bits per heavy atom. The SMILES string of the molecule is C=C1C(=O)O[C@H]2[C@@H]1CC[C@]1(C)[C@@H]2C(=C)[C@H](O)C[C@@H]1O. The number of esters is 1. The minimum absolute atomic E-state index is 0.000162. The minimum atomic E-state index is -0.723. The molecule has 1 aliphatic heterocycles. The standard InChI is InChI=1S/C15H20O4/c1-7-9-4-5-15(3)11(17)6-10(16)8(2)12(15)13(9)19-14(7)18/h9-13,16-17H,1-2,4-6H2,3H3/t9-,10-,11+,12-,13+,15+/m1/s1. The summed E-state index contributed by atoms with van der Waals surface area (Å²) in [5.74, 6) is -0.533. The summed E-state index contributed by atoms with van der Waals surface area (Å²) >= 11 is 0. The van der Waals surface area contributed by atoms with E-state index in [0.717, 1.165) is 12.8 Å². The van der Waals surface area contributed by atoms with Crippen LogP contribution in [0.25, 0.3) is 0 Å². The summed E-state index contributed by atoms with van der Waals surface area (Å²) in [6, 6.07) is 0. The highest BCUT2D eigenvalue weighted by atomic mass is 16.6. The first-order chi connectivity index (χ1) is 8.86. The van der Waals surface area contributed by atoms with Gasteiger partial charge < -0.3 is 14.9 Å². The van der Waals surface area contributed by atoms with Crippen molar-refractivity contribution >= 4 is 5.97 Å². The molecule has 4 nitrogen and oxygen atoms in total. The summed E-state index contributed by atoms with van der Waals surface area (Å²) in [7, 11) is 0. The Morgan fingerprint density at radius 3 is 2.74 bits per heavy atom. The van der Waals surface area contributed by atoms with Crippen LogP contribution in [-0.4, -0.2) is 34.5 Å². The molecular formula is C15H20O4. The molecule has 0 aromatic heterocycles. The van der Waals surface area contributed by atoms with Gasteiger partial charge in [-0.1, -0.05) is 20.1 Å². The first kappa shape index (κ1) is 12.9. The topological polar surface area (TPSA) is 66.8 Å². The van der Waals surface area contributed by atoms with E-state index in [2.05, 4.69) is 13.2 Å². The molecule has 1 heterocycles. The second kappa shape index (κ2) is 3.93. The number of rotatable bonds is 0. The lowest BCUT2D eigenvalue weighted by Crippen LogP contribution is -2.56. The third-order valence-electron chi connectivity index (χ3n) is 5.42. The fourth-order valence-electron chi connectivity index (χ4n) is 4.11. The summed E-state index contributed by atoms with van der Waals surface area (Å²) in [6.07, 6.45) is 0.268. The number of ether oxygens (including phenoxy) is 1. The Morgan fingerprint density at radius 1 is 1.37 bits per heavy atom. The lowest BCUT2D eigenvalue weighted by atomic mass is 9.53. The summed E-state index contributed by atoms with van der Waals surface area (Å²) in [5.41, 5.74) is 0.835. The average molecular weight is 264 g/mol. The third-order valence-corrected chi connectivity index (χ3v) is 5.42. The molecule has 3 rings (SSSR count). The number of aliphatic hydroxyl groups excluding tert-OH is 2. The van der Waals surface area contributed by atoms with Crippen molar-refractivity contribution in [1.29, 1.82) is 0 Å². The van der Waals surface area contributed by atoms with Gasteiger partial charge in [0.1, 0.15) is 6.10 Å². The van der Waals surface area contributed by atoms with Crippen molar-refractivity contribution < 1.29 is 19.7 Å². The number of carbonyl (C=O) groups excluding carboxylic acids is 1. The van der Waals surface area contributed by atoms with Gasteiger partial charge in [-0.05, 0) is 18.4 Å². The normalized spacial score (nSPS) is 49.6. The quantitative estimate of drug-likeness (QED) is 0.392. The molecular weight excluding hydrogens is 244 g/mol. The van der Waals surface area contributed by atoms with Crippen LogP contribution in [0.5, 0.6) is 0 Å². The van der Waals surface area contributed by atoms with Crippen LogP contribution >= 0.6 is 0 Å². The lowest BCUT2D eigenvalue weighted by Gasteiger charge is -2.53. The zero-order chi connectivity index (χ0) is 13.9. The molecule has 0 bridgehead atoms. The van der Waals surface area contributed by atoms with Crippen LogP contribution in [0.3, 0.4) is 0 Å². The summed E-state index contributed by atoms with van der Waals surface area (Å²) in [5, 5.41) is 20.4. The Bertz CT molecular complexity index is 469. The van der Waals surface area contributed by atoms with E-state index in [0.29, 0.717) is 17.6 Å². The zero-order valence-corrected chi connectivity index (χ0v) is 11.1. The predicted molar refractivity (Wildman–Crippen MR) is 69.1 cm³/mol. The van der Waals surface area contributed by atoms with Crippen LogP contribution in [-0.2, 0) is 9.53 Å². The minimum Gasteiger partial charge on any atom is -0.458 e. The Balaban J connectivity index is 2.02. The van der Waals surface area contributed by atoms with E-state index in [1.807, 2.05) is 6.92 Å². The Kier molecular flexibility index (Phi) is 2.67. The van der Waals surface area contributed by atoms with Crippen molar-refractivity contribution in [3.63, 3.8) is 0 Å². The van der Waals surface area contributed by atoms with Gasteiger partial charge in [-0.2, -0.15) is 0 Å². The molecule has 2 saturated carbocycles. The first-order valence-electron chi connectivity index (χ1n) is 6.81. The largest absolute Gasteiger partial charge is 0.458 e. The molecule has 0 amide bonds. The van der Waals surface area contributed by atoms with Crippen molar-refractivity contribution in [2.45, 2.75) is 44.5 Å². The van der Waals surface area contributed by atoms with Crippen molar-refractivity contribution in [3.8, 4) is 0 Å². The van der Waals surface area contributed by atoms with Crippen LogP contribution in [0.1, 0.15) is 26.2 Å². The van der Waals surface area contributed by atoms with Crippen molar-refractivity contribution in [3.05, 3.63) is 24.3 Å². The number of carbonyl (C=O) groups is 1. The average Bonchev–Trinajstić information content (AvgIpc) is 2.63. The van der Waals surface area contributed by atoms with E-state index in [9.17, 15) is 15.0 Å². The first-order valence-corrected chi connectivity index (χ1v) is 6.81. The van der Waals surface area contributed by atoms with E-state index >= 15 is 0 Å². The predicted octanol–water partition coefficient (Wildman–Crippen LogP) is 1.18. The molecule has 0 aromatic carbocycles. The fraction of sp³-hybridized carbons (Fsp3) is 0.667. The smallest absolute Gasteiger partial charge is 0.334 e. The van der Waals surface area contributed by atoms with E-state index in [1.165, 1.54) is 0 Å². The van der Waals surface area contributed by atoms with Gasteiger partial charge in [-0.25, -0.2) is 4.79 Å². The van der Waals surface area contributed by atoms with Crippen LogP contribution in [0.4, 0.5) is 0 Å². The molecule has 3 fully saturated rings. The van der Waals surface area contributed by atoms with Gasteiger partial charge >= 0.3 is 5.97 Å². The highest BCUT2D eigenvalue weighted by Gasteiger charge is 2.59. The van der Waals surface area contributed by atoms with E-state index in [4.69, 9.17) is 4.74 Å². The second-order valence-electron chi connectivity index (χ2n) is 6.37. The lowest BCUT2D eigenvalue weighted by molar-refractivity contribution is -0.155. The Hall–Kier alpha value is -1.13. The molecule has 1 saturated heterocycles. The molecule has 19 heavy (non-hydrogen) atoms. The summed E-state index contributed by atoms with van der Waals surface area (Å²) in [4.78, 5) is 11.7. The maximum Gasteiger partial charge on any atom is 0.334 e. The van der Waals surface area contributed by atoms with Gasteiger partial charge in [0.2, 0.25) is 0 Å². The molecule has 2 aliphatic carbocycles. The molecule has 3 aliphatic rings. The molecule has 2 N–H and O–H groups in total. The van der Waals surface area contributed by atoms with E-state index < -0.39 is 12.2 Å². The highest BCUT2D eigenvalue weighted by molar-refractivity contribution is 5.91. The monoisotopic (exact) mass is 264 g/mol. The van der Waals surface area contributed by atoms with E-state index in [1.54, 1.807) is 0 Å². The number of aliphatic hydroxyl groups is 2. The second-order valence-corrected chi connectivity index (χ2v) is 6.37. The van der Waals surface area contributed by atoms with Crippen molar-refractivity contribution in [2.24, 2.45) is 17.3 Å². The highest BCUT2D eigenvalue weighted by Crippen LogP contribution is 2.57. The zero-order valence-electron chi connectivity index (χ0n) is 11.1. The fourth-order valence-corrected chi connectivity index (χ4v) is 4.11. The van der Waals surface area contributed by atoms with Crippen LogP contribution in [0, 0.1) is 17.3 Å². The number of hydrogen-bond acceptors (Lipinski definition) is 4. The molecule has 4 heteroatoms. The molecule has 0 radical (unpaired) electrons. The van der Waals surface area contributed by atoms with Crippen molar-refractivity contribution in [1.82, 2.24) is 0 Å². The van der Waals surface area contributed by atoms with Crippen LogP contribution < -0.4 is 0 Å². The van der Waals surface area contributed by atoms with Gasteiger partial charge in [0.25, 0.3) is 0 Å². The van der Waals surface area contributed by atoms with Gasteiger partial charge in [-0.3, -0.25) is 0 Å². The van der Waals surface area contributed by atoms with Crippen molar-refractivity contribution in [2.75, 3.05) is 0 Å². The molecule has 0 unspecified atom stereocenters. The van der Waals surface area contributed by atoms with Gasteiger partial charge in [-0.15, -0.1) is 0 Å². The number of hydrogen-bond donors (Lipinski definition) is 2. The third kappa shape index (κ3) is 1.56. The van der Waals surface area contributed by atoms with Gasteiger partial charge in [0.15, 0.2) is 0 Å². The summed E-state index contributed by atoms with van der Waals surface area (Å²) < 4.78 is 5.46.